The van der Waals surface area contributed by atoms with Crippen molar-refractivity contribution in [2.24, 2.45) is 5.73 Å². The second-order valence-electron chi connectivity index (χ2n) is 3.07. The molecule has 0 saturated heterocycles. The average Bonchev–Trinajstić information content (AvgIpc) is 2.28. The minimum absolute atomic E-state index is 0.300. The van der Waals surface area contributed by atoms with Gasteiger partial charge in [-0.25, -0.2) is 0 Å². The minimum Gasteiger partial charge on any atom is -0.481 e. The maximum atomic E-state index is 5.41. The molecule has 1 aromatic rings. The van der Waals surface area contributed by atoms with Crippen LogP contribution in [0.2, 0.25) is 0 Å². The Labute approximate surface area is 90.6 Å². The molecule has 0 aromatic heterocycles. The Hall–Kier alpha value is -1.50. The van der Waals surface area contributed by atoms with E-state index in [2.05, 4.69) is 11.2 Å². The summed E-state index contributed by atoms with van der Waals surface area (Å²) >= 11 is 0. The number of para-hydroxylation sites is 1. The van der Waals surface area contributed by atoms with Crippen molar-refractivity contribution < 1.29 is 4.74 Å². The third-order valence-corrected chi connectivity index (χ3v) is 1.92. The summed E-state index contributed by atoms with van der Waals surface area (Å²) < 4.78 is 5.41. The second kappa shape index (κ2) is 6.88. The molecule has 0 atom stereocenters. The summed E-state index contributed by atoms with van der Waals surface area (Å²) in [6.45, 7) is 2.47. The molecule has 1 rings (SSSR count). The van der Waals surface area contributed by atoms with Crippen molar-refractivity contribution in [2.45, 2.75) is 6.54 Å². The highest BCUT2D eigenvalue weighted by molar-refractivity contribution is 5.33. The predicted octanol–water partition coefficient (Wildman–Crippen LogP) is 0.747. The molecule has 3 heteroatoms. The topological polar surface area (TPSA) is 47.3 Å². The molecule has 3 N–H and O–H groups in total. The Kier molecular flexibility index (Phi) is 5.31. The van der Waals surface area contributed by atoms with Crippen molar-refractivity contribution in [3.8, 4) is 18.1 Å². The number of benzene rings is 1. The quantitative estimate of drug-likeness (QED) is 0.531. The van der Waals surface area contributed by atoms with E-state index in [9.17, 15) is 0 Å². The van der Waals surface area contributed by atoms with Gasteiger partial charge in [0.05, 0.1) is 0 Å². The lowest BCUT2D eigenvalue weighted by Crippen LogP contribution is -2.22. The van der Waals surface area contributed by atoms with Gasteiger partial charge in [0.1, 0.15) is 12.4 Å². The van der Waals surface area contributed by atoms with E-state index in [0.717, 1.165) is 24.4 Å². The summed E-state index contributed by atoms with van der Waals surface area (Å²) in [5.74, 6) is 3.28. The van der Waals surface area contributed by atoms with Crippen molar-refractivity contribution in [2.75, 3.05) is 19.7 Å². The Morgan fingerprint density at radius 3 is 2.93 bits per heavy atom. The second-order valence-corrected chi connectivity index (χ2v) is 3.07. The normalized spacial score (nSPS) is 9.60. The monoisotopic (exact) mass is 204 g/mol. The smallest absolute Gasteiger partial charge is 0.148 e. The van der Waals surface area contributed by atoms with Crippen LogP contribution in [0, 0.1) is 12.3 Å². The van der Waals surface area contributed by atoms with Gasteiger partial charge < -0.3 is 15.8 Å². The Morgan fingerprint density at radius 2 is 2.20 bits per heavy atom. The fraction of sp³-hybridized carbons (Fsp3) is 0.333. The van der Waals surface area contributed by atoms with Gasteiger partial charge in [0.25, 0.3) is 0 Å². The van der Waals surface area contributed by atoms with Crippen LogP contribution in [-0.2, 0) is 6.54 Å². The molecule has 0 heterocycles. The van der Waals surface area contributed by atoms with Crippen molar-refractivity contribution in [3.05, 3.63) is 29.8 Å². The van der Waals surface area contributed by atoms with Crippen molar-refractivity contribution in [1.29, 1.82) is 0 Å². The molecule has 0 aliphatic carbocycles. The molecule has 0 amide bonds. The molecule has 0 fully saturated rings. The van der Waals surface area contributed by atoms with E-state index in [1.165, 1.54) is 0 Å². The van der Waals surface area contributed by atoms with Crippen LogP contribution in [0.1, 0.15) is 5.56 Å². The standard InChI is InChI=1S/C12H16N2O/c1-2-9-15-12-6-4-3-5-11(12)10-14-8-7-13/h1,3-6,14H,7-10,13H2. The summed E-state index contributed by atoms with van der Waals surface area (Å²) in [6, 6.07) is 7.83. The summed E-state index contributed by atoms with van der Waals surface area (Å²) in [7, 11) is 0. The van der Waals surface area contributed by atoms with E-state index < -0.39 is 0 Å². The molecular weight excluding hydrogens is 188 g/mol. The molecule has 0 saturated carbocycles. The van der Waals surface area contributed by atoms with E-state index >= 15 is 0 Å². The van der Waals surface area contributed by atoms with E-state index in [1.54, 1.807) is 0 Å². The lowest BCUT2D eigenvalue weighted by molar-refractivity contribution is 0.365. The van der Waals surface area contributed by atoms with Crippen LogP contribution >= 0.6 is 0 Å². The number of nitrogens with one attached hydrogen (secondary N) is 1. The fourth-order valence-electron chi connectivity index (χ4n) is 1.24. The molecule has 3 nitrogen and oxygen atoms in total. The van der Waals surface area contributed by atoms with Gasteiger partial charge in [-0.15, -0.1) is 6.42 Å². The summed E-state index contributed by atoms with van der Waals surface area (Å²) in [5.41, 5.74) is 6.49. The first-order valence-corrected chi connectivity index (χ1v) is 4.93. The van der Waals surface area contributed by atoms with Crippen LogP contribution in [-0.4, -0.2) is 19.7 Å². The summed E-state index contributed by atoms with van der Waals surface area (Å²) in [6.07, 6.45) is 5.14. The van der Waals surface area contributed by atoms with Gasteiger partial charge in [-0.2, -0.15) is 0 Å². The molecule has 80 valence electrons. The number of nitrogens with two attached hydrogens (primary N) is 1. The highest BCUT2D eigenvalue weighted by Crippen LogP contribution is 2.17. The van der Waals surface area contributed by atoms with Crippen molar-refractivity contribution in [1.82, 2.24) is 5.32 Å². The lowest BCUT2D eigenvalue weighted by atomic mass is 10.2. The Morgan fingerprint density at radius 1 is 1.40 bits per heavy atom. The first-order valence-electron chi connectivity index (χ1n) is 4.93. The van der Waals surface area contributed by atoms with E-state index in [4.69, 9.17) is 16.9 Å². The number of rotatable bonds is 6. The van der Waals surface area contributed by atoms with Gasteiger partial charge in [0.2, 0.25) is 0 Å². The molecule has 0 aliphatic heterocycles. The molecule has 0 spiro atoms. The predicted molar refractivity (Wildman–Crippen MR) is 61.5 cm³/mol. The maximum absolute atomic E-state index is 5.41. The molecule has 0 unspecified atom stereocenters. The molecule has 0 radical (unpaired) electrons. The number of hydrogen-bond donors (Lipinski definition) is 2. The summed E-state index contributed by atoms with van der Waals surface area (Å²) in [4.78, 5) is 0. The zero-order valence-corrected chi connectivity index (χ0v) is 8.70. The zero-order chi connectivity index (χ0) is 10.9. The van der Waals surface area contributed by atoms with Crippen LogP contribution in [0.25, 0.3) is 0 Å². The molecule has 15 heavy (non-hydrogen) atoms. The van der Waals surface area contributed by atoms with Crippen LogP contribution in [0.5, 0.6) is 5.75 Å². The van der Waals surface area contributed by atoms with Crippen LogP contribution in [0.3, 0.4) is 0 Å². The van der Waals surface area contributed by atoms with E-state index in [1.807, 2.05) is 24.3 Å². The average molecular weight is 204 g/mol. The van der Waals surface area contributed by atoms with Gasteiger partial charge in [-0.1, -0.05) is 24.1 Å². The summed E-state index contributed by atoms with van der Waals surface area (Å²) in [5, 5.41) is 3.21. The van der Waals surface area contributed by atoms with E-state index in [0.29, 0.717) is 13.2 Å². The lowest BCUT2D eigenvalue weighted by Gasteiger charge is -2.09. The highest BCUT2D eigenvalue weighted by atomic mass is 16.5. The van der Waals surface area contributed by atoms with Gasteiger partial charge in [0, 0.05) is 25.2 Å². The third kappa shape index (κ3) is 4.03. The third-order valence-electron chi connectivity index (χ3n) is 1.92. The fourth-order valence-corrected chi connectivity index (χ4v) is 1.24. The van der Waals surface area contributed by atoms with Crippen LogP contribution in [0.4, 0.5) is 0 Å². The van der Waals surface area contributed by atoms with Gasteiger partial charge in [-0.05, 0) is 6.07 Å². The highest BCUT2D eigenvalue weighted by Gasteiger charge is 2.00. The number of terminal acetylenes is 1. The van der Waals surface area contributed by atoms with Gasteiger partial charge in [0.15, 0.2) is 0 Å². The Bertz CT molecular complexity index is 331. The van der Waals surface area contributed by atoms with Gasteiger partial charge in [-0.3, -0.25) is 0 Å². The first kappa shape index (κ1) is 11.6. The molecule has 0 aliphatic rings. The number of ether oxygens (including phenoxy) is 1. The zero-order valence-electron chi connectivity index (χ0n) is 8.70. The minimum atomic E-state index is 0.300. The number of hydrogen-bond acceptors (Lipinski definition) is 3. The van der Waals surface area contributed by atoms with Crippen LogP contribution in [0.15, 0.2) is 24.3 Å². The SMILES string of the molecule is C#CCOc1ccccc1CNCCN. The van der Waals surface area contributed by atoms with Crippen molar-refractivity contribution in [3.63, 3.8) is 0 Å². The molecule has 1 aromatic carbocycles. The first-order chi connectivity index (χ1) is 7.38. The maximum Gasteiger partial charge on any atom is 0.148 e. The van der Waals surface area contributed by atoms with E-state index in [-0.39, 0.29) is 0 Å². The van der Waals surface area contributed by atoms with Gasteiger partial charge >= 0.3 is 0 Å². The van der Waals surface area contributed by atoms with Crippen molar-refractivity contribution >= 4 is 0 Å². The van der Waals surface area contributed by atoms with Crippen LogP contribution < -0.4 is 15.8 Å². The molecular formula is C12H16N2O. The largest absolute Gasteiger partial charge is 0.481 e. The molecule has 0 bridgehead atoms. The Balaban J connectivity index is 2.56.